The van der Waals surface area contributed by atoms with Crippen LogP contribution in [0.25, 0.3) is 10.8 Å². The van der Waals surface area contributed by atoms with Crippen molar-refractivity contribution >= 4 is 10.8 Å². The van der Waals surface area contributed by atoms with Crippen molar-refractivity contribution in [1.82, 2.24) is 0 Å². The van der Waals surface area contributed by atoms with E-state index in [1.54, 1.807) is 38.1 Å². The van der Waals surface area contributed by atoms with Crippen LogP contribution in [0.3, 0.4) is 0 Å². The maximum atomic E-state index is 13.5. The molecule has 3 aromatic carbocycles. The SMILES string of the molecule is Cc1cc2c(c(F)c1F)CC(C)CC2.Cc1ccc2cc(C)c(F)c(F)c2c1. The molecular formula is C24H24F4. The molecule has 4 rings (SSSR count). The molecule has 0 bridgehead atoms. The Hall–Kier alpha value is -2.36. The number of fused-ring (bicyclic) bond motifs is 2. The fourth-order valence-electron chi connectivity index (χ4n) is 3.73. The first kappa shape index (κ1) is 20.4. The third kappa shape index (κ3) is 3.91. The second-order valence-corrected chi connectivity index (χ2v) is 7.85. The highest BCUT2D eigenvalue weighted by molar-refractivity contribution is 5.84. The molecule has 1 unspecified atom stereocenters. The van der Waals surface area contributed by atoms with Gasteiger partial charge in [0.2, 0.25) is 0 Å². The van der Waals surface area contributed by atoms with Gasteiger partial charge in [0.15, 0.2) is 23.3 Å². The Morgan fingerprint density at radius 3 is 2.14 bits per heavy atom. The predicted octanol–water partition coefficient (Wildman–Crippen LogP) is 7.13. The highest BCUT2D eigenvalue weighted by Gasteiger charge is 2.22. The van der Waals surface area contributed by atoms with E-state index in [-0.39, 0.29) is 0 Å². The number of benzene rings is 3. The average Bonchev–Trinajstić information content (AvgIpc) is 2.66. The van der Waals surface area contributed by atoms with Gasteiger partial charge in [-0.1, -0.05) is 30.7 Å². The molecule has 1 aliphatic rings. The summed E-state index contributed by atoms with van der Waals surface area (Å²) in [6.07, 6.45) is 2.64. The smallest absolute Gasteiger partial charge is 0.166 e. The summed E-state index contributed by atoms with van der Waals surface area (Å²) in [7, 11) is 0. The summed E-state index contributed by atoms with van der Waals surface area (Å²) in [6.45, 7) is 7.13. The van der Waals surface area contributed by atoms with Gasteiger partial charge in [-0.2, -0.15) is 0 Å². The van der Waals surface area contributed by atoms with Crippen molar-refractivity contribution in [3.8, 4) is 0 Å². The molecule has 0 aliphatic heterocycles. The first-order valence-electron chi connectivity index (χ1n) is 9.50. The molecule has 148 valence electrons. The molecule has 0 heterocycles. The molecule has 0 amide bonds. The van der Waals surface area contributed by atoms with Crippen molar-refractivity contribution in [2.24, 2.45) is 5.92 Å². The molecule has 0 N–H and O–H groups in total. The van der Waals surface area contributed by atoms with Gasteiger partial charge in [-0.3, -0.25) is 0 Å². The second kappa shape index (κ2) is 7.94. The van der Waals surface area contributed by atoms with E-state index in [9.17, 15) is 17.6 Å². The molecule has 0 fully saturated rings. The van der Waals surface area contributed by atoms with Gasteiger partial charge in [-0.05, 0) is 85.7 Å². The van der Waals surface area contributed by atoms with Crippen molar-refractivity contribution < 1.29 is 17.6 Å². The van der Waals surface area contributed by atoms with Crippen LogP contribution in [-0.4, -0.2) is 0 Å². The Morgan fingerprint density at radius 1 is 0.786 bits per heavy atom. The molecule has 0 radical (unpaired) electrons. The molecule has 1 aliphatic carbocycles. The molecule has 4 heteroatoms. The van der Waals surface area contributed by atoms with E-state index in [0.717, 1.165) is 29.4 Å². The predicted molar refractivity (Wildman–Crippen MR) is 106 cm³/mol. The van der Waals surface area contributed by atoms with E-state index in [2.05, 4.69) is 6.92 Å². The molecule has 3 aromatic rings. The maximum Gasteiger partial charge on any atom is 0.166 e. The quantitative estimate of drug-likeness (QED) is 0.359. The topological polar surface area (TPSA) is 0 Å². The van der Waals surface area contributed by atoms with Crippen LogP contribution in [0.2, 0.25) is 0 Å². The summed E-state index contributed by atoms with van der Waals surface area (Å²) in [5.74, 6) is -2.31. The summed E-state index contributed by atoms with van der Waals surface area (Å²) in [5.41, 5.74) is 3.31. The number of hydrogen-bond acceptors (Lipinski definition) is 0. The van der Waals surface area contributed by atoms with Gasteiger partial charge in [-0.25, -0.2) is 17.6 Å². The Balaban J connectivity index is 0.000000161. The molecule has 0 saturated heterocycles. The van der Waals surface area contributed by atoms with E-state index in [1.165, 1.54) is 0 Å². The number of halogens is 4. The number of rotatable bonds is 0. The van der Waals surface area contributed by atoms with Crippen LogP contribution in [0.5, 0.6) is 0 Å². The number of hydrogen-bond donors (Lipinski definition) is 0. The standard InChI is InChI=1S/C12H14F2.C12H10F2/c2*1-7-3-4-9-6-8(2)11(13)12(14)10(9)5-7/h6-7H,3-5H2,1-2H3;3-6H,1-2H3. The van der Waals surface area contributed by atoms with Crippen molar-refractivity contribution in [1.29, 1.82) is 0 Å². The van der Waals surface area contributed by atoms with Gasteiger partial charge in [-0.15, -0.1) is 0 Å². The third-order valence-corrected chi connectivity index (χ3v) is 5.40. The fraction of sp³-hybridized carbons (Fsp3) is 0.333. The van der Waals surface area contributed by atoms with Crippen LogP contribution >= 0.6 is 0 Å². The lowest BCUT2D eigenvalue weighted by Crippen LogP contribution is -2.14. The van der Waals surface area contributed by atoms with Gasteiger partial charge in [0, 0.05) is 5.39 Å². The van der Waals surface area contributed by atoms with Crippen LogP contribution in [-0.2, 0) is 12.8 Å². The molecule has 28 heavy (non-hydrogen) atoms. The lowest BCUT2D eigenvalue weighted by Gasteiger charge is -2.22. The van der Waals surface area contributed by atoms with E-state index < -0.39 is 23.3 Å². The van der Waals surface area contributed by atoms with Crippen LogP contribution in [0.15, 0.2) is 30.3 Å². The first-order chi connectivity index (χ1) is 13.2. The van der Waals surface area contributed by atoms with Crippen LogP contribution in [0, 0.1) is 50.0 Å². The molecule has 0 nitrogen and oxygen atoms in total. The van der Waals surface area contributed by atoms with Gasteiger partial charge in [0.1, 0.15) is 0 Å². The zero-order valence-corrected chi connectivity index (χ0v) is 16.6. The minimum absolute atomic E-state index is 0.346. The lowest BCUT2D eigenvalue weighted by molar-refractivity contribution is 0.446. The van der Waals surface area contributed by atoms with Gasteiger partial charge in [0.05, 0.1) is 0 Å². The first-order valence-corrected chi connectivity index (χ1v) is 9.50. The molecule has 0 aromatic heterocycles. The zero-order valence-electron chi connectivity index (χ0n) is 16.6. The van der Waals surface area contributed by atoms with Gasteiger partial charge >= 0.3 is 0 Å². The zero-order chi connectivity index (χ0) is 20.6. The van der Waals surface area contributed by atoms with Crippen molar-refractivity contribution in [3.05, 3.63) is 81.4 Å². The Bertz CT molecular complexity index is 1040. The largest absolute Gasteiger partial charge is 0.203 e. The molecule has 1 atom stereocenters. The van der Waals surface area contributed by atoms with E-state index in [0.29, 0.717) is 34.4 Å². The molecule has 0 saturated carbocycles. The summed E-state index contributed by atoms with van der Waals surface area (Å²) in [6, 6.07) is 8.80. The second-order valence-electron chi connectivity index (χ2n) is 7.85. The van der Waals surface area contributed by atoms with Crippen LogP contribution < -0.4 is 0 Å². The minimum atomic E-state index is -0.747. The average molecular weight is 388 g/mol. The number of aryl methyl sites for hydroxylation is 4. The fourth-order valence-corrected chi connectivity index (χ4v) is 3.73. The summed E-state index contributed by atoms with van der Waals surface area (Å²) < 4.78 is 53.5. The summed E-state index contributed by atoms with van der Waals surface area (Å²) in [5, 5.41) is 1.10. The van der Waals surface area contributed by atoms with E-state index in [4.69, 9.17) is 0 Å². The molecule has 0 spiro atoms. The highest BCUT2D eigenvalue weighted by atomic mass is 19.2. The Labute approximate surface area is 163 Å². The lowest BCUT2D eigenvalue weighted by atomic mass is 9.84. The van der Waals surface area contributed by atoms with E-state index >= 15 is 0 Å². The summed E-state index contributed by atoms with van der Waals surface area (Å²) >= 11 is 0. The Morgan fingerprint density at radius 2 is 1.43 bits per heavy atom. The van der Waals surface area contributed by atoms with Crippen molar-refractivity contribution in [2.45, 2.75) is 47.0 Å². The highest BCUT2D eigenvalue weighted by Crippen LogP contribution is 2.30. The Kier molecular flexibility index (Phi) is 5.78. The maximum absolute atomic E-state index is 13.5. The van der Waals surface area contributed by atoms with Gasteiger partial charge in [0.25, 0.3) is 0 Å². The minimum Gasteiger partial charge on any atom is -0.203 e. The van der Waals surface area contributed by atoms with Crippen molar-refractivity contribution in [3.63, 3.8) is 0 Å². The molecular weight excluding hydrogens is 364 g/mol. The van der Waals surface area contributed by atoms with Crippen molar-refractivity contribution in [2.75, 3.05) is 0 Å². The van der Waals surface area contributed by atoms with E-state index in [1.807, 2.05) is 13.0 Å². The monoisotopic (exact) mass is 388 g/mol. The van der Waals surface area contributed by atoms with Gasteiger partial charge < -0.3 is 0 Å². The third-order valence-electron chi connectivity index (χ3n) is 5.40. The normalized spacial score (nSPS) is 15.8. The summed E-state index contributed by atoms with van der Waals surface area (Å²) in [4.78, 5) is 0. The van der Waals surface area contributed by atoms with Crippen LogP contribution in [0.1, 0.15) is 41.2 Å². The van der Waals surface area contributed by atoms with Crippen LogP contribution in [0.4, 0.5) is 17.6 Å².